The van der Waals surface area contributed by atoms with Gasteiger partial charge in [-0.05, 0) is 0 Å². The monoisotopic (exact) mass is 146 g/mol. The first kappa shape index (κ1) is 7.30. The summed E-state index contributed by atoms with van der Waals surface area (Å²) in [4.78, 5) is 10.5. The van der Waals surface area contributed by atoms with E-state index in [1.165, 1.54) is 7.11 Å². The lowest BCUT2D eigenvalue weighted by Gasteiger charge is -2.33. The minimum atomic E-state index is -0.626. The molecular formula is C5H10N2O3. The van der Waals surface area contributed by atoms with Crippen LogP contribution in [0.4, 0.5) is 4.79 Å². The molecule has 0 bridgehead atoms. The Morgan fingerprint density at radius 2 is 2.60 bits per heavy atom. The van der Waals surface area contributed by atoms with E-state index in [1.54, 1.807) is 0 Å². The molecule has 1 rings (SSSR count). The molecule has 0 radical (unpaired) electrons. The Balaban J connectivity index is 2.19. The van der Waals surface area contributed by atoms with Gasteiger partial charge in [-0.1, -0.05) is 0 Å². The van der Waals surface area contributed by atoms with Crippen LogP contribution in [0.5, 0.6) is 0 Å². The van der Waals surface area contributed by atoms with Crippen LogP contribution in [0.1, 0.15) is 0 Å². The van der Waals surface area contributed by atoms with E-state index >= 15 is 0 Å². The van der Waals surface area contributed by atoms with Gasteiger partial charge in [0, 0.05) is 6.54 Å². The van der Waals surface area contributed by atoms with Gasteiger partial charge in [-0.25, -0.2) is 4.79 Å². The zero-order valence-electron chi connectivity index (χ0n) is 5.63. The number of carbonyl (C=O) groups is 1. The van der Waals surface area contributed by atoms with Gasteiger partial charge in [0.25, 0.3) is 0 Å². The summed E-state index contributed by atoms with van der Waals surface area (Å²) in [5.41, 5.74) is 0. The third-order valence-corrected chi connectivity index (χ3v) is 1.42. The van der Waals surface area contributed by atoms with E-state index in [-0.39, 0.29) is 6.04 Å². The Kier molecular flexibility index (Phi) is 2.08. The highest BCUT2D eigenvalue weighted by Crippen LogP contribution is 1.99. The van der Waals surface area contributed by atoms with Crippen LogP contribution in [0.2, 0.25) is 0 Å². The maximum atomic E-state index is 10.5. The molecule has 0 aromatic rings. The highest BCUT2D eigenvalue weighted by Gasteiger charge is 2.29. The lowest BCUT2D eigenvalue weighted by molar-refractivity contribution is 0.0311. The van der Waals surface area contributed by atoms with Gasteiger partial charge >= 0.3 is 6.09 Å². The van der Waals surface area contributed by atoms with Crippen molar-refractivity contribution in [3.63, 3.8) is 0 Å². The Hall–Kier alpha value is -0.810. The lowest BCUT2D eigenvalue weighted by Crippen LogP contribution is -2.64. The van der Waals surface area contributed by atoms with Crippen LogP contribution in [0.3, 0.4) is 0 Å². The standard InChI is InChI=1S/C5H10N2O3/c1-10-5(9)7-3-2-6-4(3)8/h3-4,6,8H,2H2,1H3,(H,7,9). The summed E-state index contributed by atoms with van der Waals surface area (Å²) in [6.45, 7) is 0.594. The van der Waals surface area contributed by atoms with Crippen molar-refractivity contribution in [2.75, 3.05) is 13.7 Å². The van der Waals surface area contributed by atoms with Crippen LogP contribution in [-0.2, 0) is 4.74 Å². The molecule has 0 spiro atoms. The third kappa shape index (κ3) is 1.37. The molecule has 2 atom stereocenters. The zero-order valence-corrected chi connectivity index (χ0v) is 5.63. The van der Waals surface area contributed by atoms with Gasteiger partial charge in [0.05, 0.1) is 13.2 Å². The van der Waals surface area contributed by atoms with Gasteiger partial charge in [0.2, 0.25) is 0 Å². The molecule has 0 aromatic carbocycles. The zero-order chi connectivity index (χ0) is 7.56. The van der Waals surface area contributed by atoms with Crippen molar-refractivity contribution in [1.82, 2.24) is 10.6 Å². The minimum Gasteiger partial charge on any atom is -0.453 e. The molecule has 1 aliphatic rings. The number of alkyl carbamates (subject to hydrolysis) is 1. The molecule has 1 amide bonds. The SMILES string of the molecule is COC(=O)NC1CNC1O. The maximum Gasteiger partial charge on any atom is 0.407 e. The van der Waals surface area contributed by atoms with Crippen LogP contribution >= 0.6 is 0 Å². The largest absolute Gasteiger partial charge is 0.453 e. The van der Waals surface area contributed by atoms with Crippen molar-refractivity contribution in [1.29, 1.82) is 0 Å². The first-order chi connectivity index (χ1) is 4.74. The number of nitrogens with one attached hydrogen (secondary N) is 2. The predicted octanol–water partition coefficient (Wildman–Crippen LogP) is -1.37. The molecule has 5 heteroatoms. The molecule has 2 unspecified atom stereocenters. The first-order valence-electron chi connectivity index (χ1n) is 3.00. The fourth-order valence-corrected chi connectivity index (χ4v) is 0.681. The number of ether oxygens (including phenoxy) is 1. The van der Waals surface area contributed by atoms with Crippen molar-refractivity contribution in [3.8, 4) is 0 Å². The smallest absolute Gasteiger partial charge is 0.407 e. The first-order valence-corrected chi connectivity index (χ1v) is 3.00. The van der Waals surface area contributed by atoms with Crippen LogP contribution in [-0.4, -0.2) is 37.1 Å². The number of carbonyl (C=O) groups excluding carboxylic acids is 1. The Bertz CT molecular complexity index is 139. The highest BCUT2D eigenvalue weighted by molar-refractivity contribution is 5.67. The molecule has 1 fully saturated rings. The fourth-order valence-electron chi connectivity index (χ4n) is 0.681. The molecule has 0 aliphatic carbocycles. The maximum absolute atomic E-state index is 10.5. The number of aliphatic hydroxyl groups is 1. The van der Waals surface area contributed by atoms with Gasteiger partial charge < -0.3 is 15.2 Å². The normalized spacial score (nSPS) is 30.6. The van der Waals surface area contributed by atoms with E-state index in [0.717, 1.165) is 0 Å². The third-order valence-electron chi connectivity index (χ3n) is 1.42. The van der Waals surface area contributed by atoms with Crippen LogP contribution in [0.15, 0.2) is 0 Å². The summed E-state index contributed by atoms with van der Waals surface area (Å²) < 4.78 is 4.32. The molecule has 5 nitrogen and oxygen atoms in total. The van der Waals surface area contributed by atoms with Gasteiger partial charge in [-0.2, -0.15) is 0 Å². The summed E-state index contributed by atoms with van der Waals surface area (Å²) >= 11 is 0. The summed E-state index contributed by atoms with van der Waals surface area (Å²) in [6.07, 6.45) is -1.13. The lowest BCUT2D eigenvalue weighted by atomic mass is 10.1. The number of methoxy groups -OCH3 is 1. The highest BCUT2D eigenvalue weighted by atomic mass is 16.5. The van der Waals surface area contributed by atoms with Crippen molar-refractivity contribution in [3.05, 3.63) is 0 Å². The summed E-state index contributed by atoms with van der Waals surface area (Å²) in [7, 11) is 1.29. The van der Waals surface area contributed by atoms with Crippen molar-refractivity contribution in [2.45, 2.75) is 12.3 Å². The van der Waals surface area contributed by atoms with Crippen LogP contribution in [0.25, 0.3) is 0 Å². The van der Waals surface area contributed by atoms with Crippen molar-refractivity contribution in [2.24, 2.45) is 0 Å². The number of aliphatic hydroxyl groups excluding tert-OH is 1. The number of hydrogen-bond donors (Lipinski definition) is 3. The quantitative estimate of drug-likeness (QED) is 0.427. The topological polar surface area (TPSA) is 70.6 Å². The second kappa shape index (κ2) is 2.85. The van der Waals surface area contributed by atoms with Crippen LogP contribution < -0.4 is 10.6 Å². The number of rotatable bonds is 1. The molecule has 58 valence electrons. The average Bonchev–Trinajstić information content (AvgIpc) is 1.96. The minimum absolute atomic E-state index is 0.201. The van der Waals surface area contributed by atoms with E-state index < -0.39 is 12.3 Å². The second-order valence-corrected chi connectivity index (χ2v) is 2.10. The van der Waals surface area contributed by atoms with E-state index in [4.69, 9.17) is 5.11 Å². The Morgan fingerprint density at radius 1 is 1.90 bits per heavy atom. The molecule has 10 heavy (non-hydrogen) atoms. The summed E-state index contributed by atoms with van der Waals surface area (Å²) in [5.74, 6) is 0. The van der Waals surface area contributed by atoms with E-state index in [9.17, 15) is 4.79 Å². The van der Waals surface area contributed by atoms with E-state index in [0.29, 0.717) is 6.54 Å². The van der Waals surface area contributed by atoms with Gasteiger partial charge in [-0.15, -0.1) is 0 Å². The van der Waals surface area contributed by atoms with Gasteiger partial charge in [0.15, 0.2) is 0 Å². The van der Waals surface area contributed by atoms with E-state index in [1.807, 2.05) is 0 Å². The van der Waals surface area contributed by atoms with Crippen molar-refractivity contribution >= 4 is 6.09 Å². The molecular weight excluding hydrogens is 136 g/mol. The fraction of sp³-hybridized carbons (Fsp3) is 0.800. The molecule has 0 saturated carbocycles. The molecule has 1 saturated heterocycles. The number of amides is 1. The Morgan fingerprint density at radius 3 is 2.90 bits per heavy atom. The van der Waals surface area contributed by atoms with Gasteiger partial charge in [-0.3, -0.25) is 5.32 Å². The predicted molar refractivity (Wildman–Crippen MR) is 33.3 cm³/mol. The molecule has 1 aliphatic heterocycles. The Labute approximate surface area is 58.4 Å². The molecule has 1 heterocycles. The number of hydrogen-bond acceptors (Lipinski definition) is 4. The van der Waals surface area contributed by atoms with Gasteiger partial charge in [0.1, 0.15) is 6.23 Å². The second-order valence-electron chi connectivity index (χ2n) is 2.10. The molecule has 0 aromatic heterocycles. The van der Waals surface area contributed by atoms with E-state index in [2.05, 4.69) is 15.4 Å². The summed E-state index contributed by atoms with van der Waals surface area (Å²) in [5, 5.41) is 14.0. The summed E-state index contributed by atoms with van der Waals surface area (Å²) in [6, 6.07) is -0.201. The van der Waals surface area contributed by atoms with Crippen LogP contribution in [0, 0.1) is 0 Å². The average molecular weight is 146 g/mol. The van der Waals surface area contributed by atoms with Crippen molar-refractivity contribution < 1.29 is 14.6 Å². The molecule has 3 N–H and O–H groups in total.